The number of fused-ring (bicyclic) bond motifs is 1. The lowest BCUT2D eigenvalue weighted by Crippen LogP contribution is -2.03. The molecule has 0 saturated heterocycles. The average molecular weight is 353 g/mol. The van der Waals surface area contributed by atoms with Crippen molar-refractivity contribution >= 4 is 17.6 Å². The Hall–Kier alpha value is -3.46. The predicted molar refractivity (Wildman–Crippen MR) is 107 cm³/mol. The number of pyridine rings is 1. The van der Waals surface area contributed by atoms with Crippen LogP contribution in [-0.2, 0) is 11.2 Å². The number of ketones is 1. The number of hydrogen-bond acceptors (Lipinski definition) is 2. The lowest BCUT2D eigenvalue weighted by Gasteiger charge is -2.07. The van der Waals surface area contributed by atoms with E-state index in [-0.39, 0.29) is 12.2 Å². The summed E-state index contributed by atoms with van der Waals surface area (Å²) < 4.78 is 1.96. The van der Waals surface area contributed by atoms with E-state index in [1.54, 1.807) is 0 Å². The van der Waals surface area contributed by atoms with E-state index in [2.05, 4.69) is 0 Å². The molecule has 2 heterocycles. The maximum Gasteiger partial charge on any atom is 0.195 e. The fraction of sp³-hybridized carbons (Fsp3) is 0.0833. The van der Waals surface area contributed by atoms with Gasteiger partial charge in [-0.05, 0) is 24.6 Å². The minimum Gasteiger partial charge on any atom is -0.319 e. The van der Waals surface area contributed by atoms with E-state index in [1.165, 1.54) is 0 Å². The Labute approximate surface area is 157 Å². The molecule has 0 aliphatic rings. The molecule has 0 bridgehead atoms. The molecule has 0 saturated carbocycles. The van der Waals surface area contributed by atoms with Gasteiger partial charge in [-0.25, -0.2) is 0 Å². The van der Waals surface area contributed by atoms with Gasteiger partial charge in [0, 0.05) is 29.4 Å². The predicted octanol–water partition coefficient (Wildman–Crippen LogP) is 4.89. The average Bonchev–Trinajstić information content (AvgIpc) is 3.03. The van der Waals surface area contributed by atoms with Crippen molar-refractivity contribution < 1.29 is 9.59 Å². The van der Waals surface area contributed by atoms with Gasteiger partial charge in [0.05, 0.1) is 11.1 Å². The second-order valence-corrected chi connectivity index (χ2v) is 6.58. The van der Waals surface area contributed by atoms with Crippen LogP contribution in [0.3, 0.4) is 0 Å². The number of aldehydes is 1. The van der Waals surface area contributed by atoms with Crippen LogP contribution in [0.5, 0.6) is 0 Å². The number of rotatable bonds is 5. The highest BCUT2D eigenvalue weighted by Crippen LogP contribution is 2.35. The van der Waals surface area contributed by atoms with Crippen LogP contribution in [0.2, 0.25) is 0 Å². The van der Waals surface area contributed by atoms with Crippen LogP contribution < -0.4 is 0 Å². The van der Waals surface area contributed by atoms with Crippen molar-refractivity contribution in [3.63, 3.8) is 0 Å². The number of carbonyl (C=O) groups excluding carboxylic acids is 2. The maximum atomic E-state index is 13.4. The van der Waals surface area contributed by atoms with Crippen LogP contribution in [-0.4, -0.2) is 16.5 Å². The Kier molecular flexibility index (Phi) is 4.43. The molecule has 4 rings (SSSR count). The van der Waals surface area contributed by atoms with Crippen molar-refractivity contribution in [1.82, 2.24) is 4.40 Å². The topological polar surface area (TPSA) is 38.5 Å². The summed E-state index contributed by atoms with van der Waals surface area (Å²) in [4.78, 5) is 24.8. The lowest BCUT2D eigenvalue weighted by atomic mass is 9.93. The molecule has 0 amide bonds. The van der Waals surface area contributed by atoms with Crippen molar-refractivity contribution in [3.8, 4) is 11.1 Å². The van der Waals surface area contributed by atoms with Gasteiger partial charge in [-0.3, -0.25) is 4.79 Å². The zero-order chi connectivity index (χ0) is 18.8. The van der Waals surface area contributed by atoms with Crippen LogP contribution in [0.1, 0.15) is 27.2 Å². The van der Waals surface area contributed by atoms with Gasteiger partial charge in [-0.2, -0.15) is 0 Å². The van der Waals surface area contributed by atoms with Gasteiger partial charge in [0.2, 0.25) is 0 Å². The fourth-order valence-electron chi connectivity index (χ4n) is 3.55. The Morgan fingerprint density at radius 2 is 1.63 bits per heavy atom. The summed E-state index contributed by atoms with van der Waals surface area (Å²) in [7, 11) is 0. The quantitative estimate of drug-likeness (QED) is 0.379. The maximum absolute atomic E-state index is 13.4. The Bertz CT molecular complexity index is 1120. The summed E-state index contributed by atoms with van der Waals surface area (Å²) in [5.41, 5.74) is 5.86. The van der Waals surface area contributed by atoms with Crippen LogP contribution in [0, 0.1) is 6.92 Å². The molecule has 132 valence electrons. The number of aromatic nitrogens is 1. The molecule has 0 N–H and O–H groups in total. The molecule has 4 aromatic rings. The molecule has 0 aliphatic carbocycles. The molecule has 2 aromatic carbocycles. The number of nitrogens with zero attached hydrogens (tertiary/aromatic N) is 1. The summed E-state index contributed by atoms with van der Waals surface area (Å²) in [6.45, 7) is 2.03. The first-order valence-electron chi connectivity index (χ1n) is 8.93. The molecule has 0 unspecified atom stereocenters. The van der Waals surface area contributed by atoms with Gasteiger partial charge in [-0.1, -0.05) is 66.2 Å². The summed E-state index contributed by atoms with van der Waals surface area (Å²) >= 11 is 0. The van der Waals surface area contributed by atoms with Gasteiger partial charge < -0.3 is 9.20 Å². The van der Waals surface area contributed by atoms with Crippen LogP contribution >= 0.6 is 0 Å². The van der Waals surface area contributed by atoms with E-state index < -0.39 is 0 Å². The Morgan fingerprint density at radius 1 is 0.926 bits per heavy atom. The van der Waals surface area contributed by atoms with Gasteiger partial charge in [-0.15, -0.1) is 0 Å². The number of aryl methyl sites for hydroxylation is 1. The smallest absolute Gasteiger partial charge is 0.195 e. The van der Waals surface area contributed by atoms with E-state index in [4.69, 9.17) is 0 Å². The number of carbonyl (C=O) groups is 2. The van der Waals surface area contributed by atoms with Crippen molar-refractivity contribution in [2.24, 2.45) is 0 Å². The minimum absolute atomic E-state index is 0.0352. The fourth-order valence-corrected chi connectivity index (χ4v) is 3.55. The number of hydrogen-bond donors (Lipinski definition) is 0. The van der Waals surface area contributed by atoms with Gasteiger partial charge in [0.1, 0.15) is 6.29 Å². The summed E-state index contributed by atoms with van der Waals surface area (Å²) in [6, 6.07) is 23.1. The first-order chi connectivity index (χ1) is 13.2. The molecule has 3 heteroatoms. The highest BCUT2D eigenvalue weighted by Gasteiger charge is 2.24. The third-order valence-electron chi connectivity index (χ3n) is 4.83. The largest absolute Gasteiger partial charge is 0.319 e. The second-order valence-electron chi connectivity index (χ2n) is 6.58. The molecule has 0 fully saturated rings. The van der Waals surface area contributed by atoms with Crippen molar-refractivity contribution in [3.05, 3.63) is 101 Å². The zero-order valence-electron chi connectivity index (χ0n) is 15.1. The molecular formula is C24H19NO2. The van der Waals surface area contributed by atoms with Crippen LogP contribution in [0.4, 0.5) is 0 Å². The normalized spacial score (nSPS) is 10.9. The van der Waals surface area contributed by atoms with Gasteiger partial charge in [0.15, 0.2) is 5.78 Å². The monoisotopic (exact) mass is 353 g/mol. The highest BCUT2D eigenvalue weighted by molar-refractivity contribution is 6.18. The molecule has 0 radical (unpaired) electrons. The molecule has 0 spiro atoms. The molecule has 2 aromatic heterocycles. The number of benzene rings is 2. The minimum atomic E-state index is -0.0352. The first-order valence-corrected chi connectivity index (χ1v) is 8.93. The lowest BCUT2D eigenvalue weighted by molar-refractivity contribution is -0.107. The third kappa shape index (κ3) is 2.97. The molecule has 0 atom stereocenters. The first kappa shape index (κ1) is 17.0. The van der Waals surface area contributed by atoms with Crippen molar-refractivity contribution in [1.29, 1.82) is 0 Å². The van der Waals surface area contributed by atoms with E-state index in [0.717, 1.165) is 34.2 Å². The van der Waals surface area contributed by atoms with Gasteiger partial charge >= 0.3 is 0 Å². The van der Waals surface area contributed by atoms with E-state index >= 15 is 0 Å². The zero-order valence-corrected chi connectivity index (χ0v) is 15.1. The van der Waals surface area contributed by atoms with Crippen molar-refractivity contribution in [2.45, 2.75) is 13.3 Å². The Balaban J connectivity index is 2.07. The SMILES string of the molecule is Cc1ccc(-c2c(C(=O)c3ccccc3)c3ccccn3c2CC=O)cc1. The van der Waals surface area contributed by atoms with E-state index in [9.17, 15) is 9.59 Å². The second kappa shape index (κ2) is 7.04. The van der Waals surface area contributed by atoms with Crippen LogP contribution in [0.25, 0.3) is 16.6 Å². The summed E-state index contributed by atoms with van der Waals surface area (Å²) in [6.07, 6.45) is 3.05. The third-order valence-corrected chi connectivity index (χ3v) is 4.83. The highest BCUT2D eigenvalue weighted by atomic mass is 16.1. The molecular weight excluding hydrogens is 334 g/mol. The molecule has 27 heavy (non-hydrogen) atoms. The molecule has 0 aliphatic heterocycles. The van der Waals surface area contributed by atoms with Gasteiger partial charge in [0.25, 0.3) is 0 Å². The van der Waals surface area contributed by atoms with Crippen LogP contribution in [0.15, 0.2) is 79.0 Å². The molecule has 3 nitrogen and oxygen atoms in total. The van der Waals surface area contributed by atoms with E-state index in [0.29, 0.717) is 11.1 Å². The summed E-state index contributed by atoms with van der Waals surface area (Å²) in [5, 5.41) is 0. The van der Waals surface area contributed by atoms with Crippen molar-refractivity contribution in [2.75, 3.05) is 0 Å². The van der Waals surface area contributed by atoms with E-state index in [1.807, 2.05) is 90.3 Å². The standard InChI is InChI=1S/C24H19NO2/c1-17-10-12-18(13-11-17)22-21(14-16-26)25-15-6-5-9-20(25)23(22)24(27)19-7-3-2-4-8-19/h2-13,15-16H,14H2,1H3. The summed E-state index contributed by atoms with van der Waals surface area (Å²) in [5.74, 6) is -0.0352. The Morgan fingerprint density at radius 3 is 2.33 bits per heavy atom.